The number of hydrogen-bond acceptors (Lipinski definition) is 4. The van der Waals surface area contributed by atoms with E-state index in [-0.39, 0.29) is 17.5 Å². The average Bonchev–Trinajstić information content (AvgIpc) is 3.17. The van der Waals surface area contributed by atoms with Crippen LogP contribution in [0.1, 0.15) is 36.0 Å². The molecule has 1 unspecified atom stereocenters. The van der Waals surface area contributed by atoms with Gasteiger partial charge in [-0.3, -0.25) is 14.5 Å². The molecule has 2 aliphatic rings. The van der Waals surface area contributed by atoms with E-state index in [4.69, 9.17) is 4.74 Å². The topological polar surface area (TPSA) is 61.9 Å². The predicted molar refractivity (Wildman–Crippen MR) is 96.6 cm³/mol. The lowest BCUT2D eigenvalue weighted by Crippen LogP contribution is -2.55. The van der Waals surface area contributed by atoms with Crippen LogP contribution in [-0.4, -0.2) is 67.6 Å². The number of benzene rings is 1. The molecule has 1 atom stereocenters. The Hall–Kier alpha value is -1.99. The van der Waals surface area contributed by atoms with E-state index in [2.05, 4.69) is 10.2 Å². The molecule has 6 nitrogen and oxygen atoms in total. The fourth-order valence-electron chi connectivity index (χ4n) is 3.75. The maximum Gasteiger partial charge on any atom is 0.256 e. The minimum Gasteiger partial charge on any atom is -0.378 e. The molecule has 1 aromatic rings. The molecule has 3 rings (SSSR count). The van der Waals surface area contributed by atoms with Gasteiger partial charge in [0, 0.05) is 32.4 Å². The normalized spacial score (nSPS) is 21.6. The second-order valence-electron chi connectivity index (χ2n) is 7.15. The lowest BCUT2D eigenvalue weighted by Gasteiger charge is -2.38. The van der Waals surface area contributed by atoms with Crippen LogP contribution < -0.4 is 5.32 Å². The second kappa shape index (κ2) is 8.14. The highest BCUT2D eigenvalue weighted by Gasteiger charge is 2.35. The predicted octanol–water partition coefficient (Wildman–Crippen LogP) is 2.11. The molecule has 1 N–H and O–H groups in total. The van der Waals surface area contributed by atoms with Gasteiger partial charge in [-0.15, -0.1) is 0 Å². The number of nitrogens with one attached hydrogen (secondary N) is 1. The minimum absolute atomic E-state index is 0.0552. The number of ether oxygens (including phenoxy) is 1. The number of nitrogens with zero attached hydrogens (tertiary/aromatic N) is 2. The molecule has 1 heterocycles. The van der Waals surface area contributed by atoms with Gasteiger partial charge in [-0.05, 0) is 31.0 Å². The Kier molecular flexibility index (Phi) is 5.88. The largest absolute Gasteiger partial charge is 0.378 e. The van der Waals surface area contributed by atoms with Crippen molar-refractivity contribution in [2.75, 3.05) is 39.2 Å². The van der Waals surface area contributed by atoms with E-state index in [9.17, 15) is 14.0 Å². The summed E-state index contributed by atoms with van der Waals surface area (Å²) in [7, 11) is 3.12. The smallest absolute Gasteiger partial charge is 0.256 e. The van der Waals surface area contributed by atoms with Gasteiger partial charge in [-0.1, -0.05) is 12.8 Å². The monoisotopic (exact) mass is 363 g/mol. The van der Waals surface area contributed by atoms with Gasteiger partial charge < -0.3 is 15.0 Å². The summed E-state index contributed by atoms with van der Waals surface area (Å²) in [6, 6.07) is 4.14. The van der Waals surface area contributed by atoms with Crippen molar-refractivity contribution in [2.45, 2.75) is 37.8 Å². The summed E-state index contributed by atoms with van der Waals surface area (Å²) in [4.78, 5) is 28.4. The third-order valence-electron chi connectivity index (χ3n) is 5.14. The molecule has 7 heteroatoms. The summed E-state index contributed by atoms with van der Waals surface area (Å²) in [5.41, 5.74) is 0.360. The zero-order valence-corrected chi connectivity index (χ0v) is 15.3. The molecule has 26 heavy (non-hydrogen) atoms. The van der Waals surface area contributed by atoms with Crippen molar-refractivity contribution in [3.63, 3.8) is 0 Å². The van der Waals surface area contributed by atoms with Crippen molar-refractivity contribution in [2.24, 2.45) is 0 Å². The van der Waals surface area contributed by atoms with E-state index in [0.29, 0.717) is 24.9 Å². The molecular formula is C19H26FN3O3. The molecule has 1 saturated heterocycles. The Labute approximate surface area is 153 Å². The van der Waals surface area contributed by atoms with E-state index in [1.807, 2.05) is 0 Å². The molecule has 1 aliphatic heterocycles. The van der Waals surface area contributed by atoms with E-state index in [1.165, 1.54) is 35.9 Å². The maximum atomic E-state index is 14.0. The molecule has 1 aliphatic carbocycles. The van der Waals surface area contributed by atoms with Crippen molar-refractivity contribution >= 4 is 17.5 Å². The molecule has 1 aromatic carbocycles. The first-order chi connectivity index (χ1) is 12.5. The Bertz CT molecular complexity index is 674. The van der Waals surface area contributed by atoms with Crippen LogP contribution >= 0.6 is 0 Å². The standard InChI is InChI=1S/C19H26FN3O3/c1-22(2)19(25)15-11-13(7-8-16(15)20)21-18(24)17-12-26-10-9-23(17)14-5-3-4-6-14/h7-8,11,14,17H,3-6,9-10,12H2,1-2H3,(H,21,24). The summed E-state index contributed by atoms with van der Waals surface area (Å²) in [5, 5.41) is 2.83. The number of amides is 2. The van der Waals surface area contributed by atoms with Crippen LogP contribution in [0.5, 0.6) is 0 Å². The first-order valence-electron chi connectivity index (χ1n) is 9.13. The van der Waals surface area contributed by atoms with E-state index in [0.717, 1.165) is 19.4 Å². The molecule has 0 aromatic heterocycles. The lowest BCUT2D eigenvalue weighted by atomic mass is 10.1. The summed E-state index contributed by atoms with van der Waals surface area (Å²) in [6.07, 6.45) is 4.62. The molecule has 142 valence electrons. The summed E-state index contributed by atoms with van der Waals surface area (Å²) >= 11 is 0. The van der Waals surface area contributed by atoms with Crippen LogP contribution in [0.15, 0.2) is 18.2 Å². The van der Waals surface area contributed by atoms with E-state index < -0.39 is 11.7 Å². The summed E-state index contributed by atoms with van der Waals surface area (Å²) in [6.45, 7) is 1.74. The second-order valence-corrected chi connectivity index (χ2v) is 7.15. The zero-order valence-electron chi connectivity index (χ0n) is 15.3. The van der Waals surface area contributed by atoms with Gasteiger partial charge in [-0.2, -0.15) is 0 Å². The van der Waals surface area contributed by atoms with Crippen molar-refractivity contribution in [1.82, 2.24) is 9.80 Å². The van der Waals surface area contributed by atoms with Gasteiger partial charge in [0.1, 0.15) is 11.9 Å². The minimum atomic E-state index is -0.602. The number of rotatable bonds is 4. The number of morpholine rings is 1. The molecular weight excluding hydrogens is 337 g/mol. The number of carbonyl (C=O) groups excluding carboxylic acids is 2. The first kappa shape index (κ1) is 18.8. The van der Waals surface area contributed by atoms with Crippen molar-refractivity contribution in [3.8, 4) is 0 Å². The highest BCUT2D eigenvalue weighted by atomic mass is 19.1. The first-order valence-corrected chi connectivity index (χ1v) is 9.13. The van der Waals surface area contributed by atoms with Crippen molar-refractivity contribution in [1.29, 1.82) is 0 Å². The Balaban J connectivity index is 1.74. The SMILES string of the molecule is CN(C)C(=O)c1cc(NC(=O)C2COCCN2C2CCCC2)ccc1F. The summed E-state index contributed by atoms with van der Waals surface area (Å²) in [5.74, 6) is -1.21. The number of halogens is 1. The Morgan fingerprint density at radius 3 is 2.69 bits per heavy atom. The van der Waals surface area contributed by atoms with Gasteiger partial charge in [-0.25, -0.2) is 4.39 Å². The van der Waals surface area contributed by atoms with Gasteiger partial charge in [0.2, 0.25) is 5.91 Å². The number of hydrogen-bond donors (Lipinski definition) is 1. The third kappa shape index (κ3) is 4.04. The molecule has 0 bridgehead atoms. The van der Waals surface area contributed by atoms with Crippen molar-refractivity contribution in [3.05, 3.63) is 29.6 Å². The fraction of sp³-hybridized carbons (Fsp3) is 0.579. The van der Waals surface area contributed by atoms with Crippen molar-refractivity contribution < 1.29 is 18.7 Å². The summed E-state index contributed by atoms with van der Waals surface area (Å²) < 4.78 is 19.5. The molecule has 2 fully saturated rings. The highest BCUT2D eigenvalue weighted by molar-refractivity contribution is 5.98. The van der Waals surface area contributed by atoms with Crippen LogP contribution in [0.25, 0.3) is 0 Å². The zero-order chi connectivity index (χ0) is 18.7. The highest BCUT2D eigenvalue weighted by Crippen LogP contribution is 2.27. The van der Waals surface area contributed by atoms with Gasteiger partial charge in [0.05, 0.1) is 18.8 Å². The average molecular weight is 363 g/mol. The van der Waals surface area contributed by atoms with Gasteiger partial charge in [0.25, 0.3) is 5.91 Å². The van der Waals surface area contributed by atoms with Crippen LogP contribution in [0.4, 0.5) is 10.1 Å². The quantitative estimate of drug-likeness (QED) is 0.890. The number of carbonyl (C=O) groups is 2. The number of anilines is 1. The fourth-order valence-corrected chi connectivity index (χ4v) is 3.75. The lowest BCUT2D eigenvalue weighted by molar-refractivity contribution is -0.129. The van der Waals surface area contributed by atoms with Crippen LogP contribution in [0, 0.1) is 5.82 Å². The van der Waals surface area contributed by atoms with Gasteiger partial charge >= 0.3 is 0 Å². The van der Waals surface area contributed by atoms with E-state index >= 15 is 0 Å². The van der Waals surface area contributed by atoms with Gasteiger partial charge in [0.15, 0.2) is 0 Å². The van der Waals surface area contributed by atoms with Crippen LogP contribution in [0.3, 0.4) is 0 Å². The Morgan fingerprint density at radius 2 is 2.00 bits per heavy atom. The van der Waals surface area contributed by atoms with E-state index in [1.54, 1.807) is 14.1 Å². The molecule has 0 radical (unpaired) electrons. The molecule has 0 spiro atoms. The van der Waals surface area contributed by atoms with Crippen LogP contribution in [-0.2, 0) is 9.53 Å². The molecule has 2 amide bonds. The maximum absolute atomic E-state index is 14.0. The molecule has 1 saturated carbocycles. The third-order valence-corrected chi connectivity index (χ3v) is 5.14. The Morgan fingerprint density at radius 1 is 1.27 bits per heavy atom. The van der Waals surface area contributed by atoms with Crippen LogP contribution in [0.2, 0.25) is 0 Å².